The Balaban J connectivity index is 1.70. The molecule has 0 bridgehead atoms. The van der Waals surface area contributed by atoms with Gasteiger partial charge in [0.05, 0.1) is 11.8 Å². The van der Waals surface area contributed by atoms with Crippen LogP contribution in [0.25, 0.3) is 11.2 Å². The van der Waals surface area contributed by atoms with Crippen LogP contribution in [0.5, 0.6) is 0 Å². The monoisotopic (exact) mass is 365 g/mol. The first kappa shape index (κ1) is 15.5. The molecule has 9 nitrogen and oxygen atoms in total. The Morgan fingerprint density at radius 3 is 2.83 bits per heavy atom. The largest absolute Gasteiger partial charge is 0.332 e. The van der Waals surface area contributed by atoms with Crippen molar-refractivity contribution in [2.75, 3.05) is 6.26 Å². The smallest absolute Gasteiger partial charge is 0.312 e. The number of rotatable bonds is 3. The Morgan fingerprint density at radius 1 is 1.33 bits per heavy atom. The fourth-order valence-corrected chi connectivity index (χ4v) is 4.36. The maximum Gasteiger partial charge on any atom is 0.332 e. The van der Waals surface area contributed by atoms with Gasteiger partial charge in [-0.05, 0) is 6.26 Å². The van der Waals surface area contributed by atoms with Gasteiger partial charge in [-0.2, -0.15) is 0 Å². The van der Waals surface area contributed by atoms with Gasteiger partial charge in [0.2, 0.25) is 5.16 Å². The molecule has 0 spiro atoms. The van der Waals surface area contributed by atoms with E-state index in [0.29, 0.717) is 24.3 Å². The lowest BCUT2D eigenvalue weighted by atomic mass is 10.4. The Bertz CT molecular complexity index is 1060. The van der Waals surface area contributed by atoms with E-state index in [1.165, 1.54) is 23.4 Å². The minimum Gasteiger partial charge on any atom is -0.312 e. The third-order valence-corrected chi connectivity index (χ3v) is 5.77. The molecule has 1 atom stereocenters. The molecule has 0 N–H and O–H groups in total. The topological polar surface area (TPSA) is 92.5 Å². The highest BCUT2D eigenvalue weighted by atomic mass is 32.2. The molecule has 1 unspecified atom stereocenters. The van der Waals surface area contributed by atoms with Crippen molar-refractivity contribution < 1.29 is 0 Å². The molecule has 0 radical (unpaired) electrons. The van der Waals surface area contributed by atoms with Gasteiger partial charge in [-0.1, -0.05) is 23.5 Å². The van der Waals surface area contributed by atoms with Crippen LogP contribution in [0.2, 0.25) is 0 Å². The summed E-state index contributed by atoms with van der Waals surface area (Å²) in [6.07, 6.45) is 3.65. The fraction of sp³-hybridized carbons (Fsp3) is 0.462. The van der Waals surface area contributed by atoms with Crippen LogP contribution in [-0.4, -0.2) is 45.0 Å². The van der Waals surface area contributed by atoms with Crippen LogP contribution in [0, 0.1) is 0 Å². The van der Waals surface area contributed by atoms with Gasteiger partial charge in [0, 0.05) is 20.6 Å². The second-order valence-electron chi connectivity index (χ2n) is 5.58. The molecule has 1 aliphatic rings. The molecule has 24 heavy (non-hydrogen) atoms. The first-order valence-electron chi connectivity index (χ1n) is 7.26. The molecule has 0 aliphatic carbocycles. The highest BCUT2D eigenvalue weighted by molar-refractivity contribution is 8.00. The van der Waals surface area contributed by atoms with Crippen molar-refractivity contribution in [3.63, 3.8) is 0 Å². The molecular weight excluding hydrogens is 350 g/mol. The maximum absolute atomic E-state index is 12.5. The van der Waals surface area contributed by atoms with E-state index >= 15 is 0 Å². The first-order chi connectivity index (χ1) is 11.5. The molecule has 3 aromatic rings. The van der Waals surface area contributed by atoms with E-state index in [-0.39, 0.29) is 16.5 Å². The number of imidazole rings is 1. The number of hydrogen-bond acceptors (Lipinski definition) is 7. The summed E-state index contributed by atoms with van der Waals surface area (Å²) < 4.78 is 6.25. The summed E-state index contributed by atoms with van der Waals surface area (Å²) in [4.78, 5) is 33.2. The van der Waals surface area contributed by atoms with Crippen molar-refractivity contribution in [3.05, 3.63) is 27.2 Å². The summed E-state index contributed by atoms with van der Waals surface area (Å²) in [6.45, 7) is 1.34. The Morgan fingerprint density at radius 2 is 2.12 bits per heavy atom. The van der Waals surface area contributed by atoms with Crippen LogP contribution in [0.15, 0.2) is 26.2 Å². The van der Waals surface area contributed by atoms with E-state index in [2.05, 4.69) is 15.1 Å². The van der Waals surface area contributed by atoms with Crippen molar-refractivity contribution in [2.45, 2.75) is 28.7 Å². The van der Waals surface area contributed by atoms with Gasteiger partial charge >= 0.3 is 5.69 Å². The number of aryl methyl sites for hydroxylation is 1. The van der Waals surface area contributed by atoms with Crippen LogP contribution in [0.4, 0.5) is 0 Å². The predicted molar refractivity (Wildman–Crippen MR) is 91.7 cm³/mol. The highest BCUT2D eigenvalue weighted by Gasteiger charge is 2.29. The molecule has 0 aromatic carbocycles. The van der Waals surface area contributed by atoms with Gasteiger partial charge in [-0.3, -0.25) is 18.6 Å². The van der Waals surface area contributed by atoms with Gasteiger partial charge in [-0.15, -0.1) is 5.10 Å². The number of fused-ring (bicyclic) bond motifs is 3. The molecule has 0 saturated carbocycles. The summed E-state index contributed by atoms with van der Waals surface area (Å²) in [5, 5.41) is 6.09. The standard InChI is InChI=1S/C13H15N7O2S2/c1-17-9-8(10(21)18(2)13(17)22)20-5-7(24-12(20)15-9)4-19-6-14-11(16-19)23-3/h6-7H,4-5H2,1-3H3. The van der Waals surface area contributed by atoms with E-state index in [9.17, 15) is 9.59 Å². The summed E-state index contributed by atoms with van der Waals surface area (Å²) in [6, 6.07) is 0. The zero-order valence-electron chi connectivity index (χ0n) is 13.3. The number of thioether (sulfide) groups is 2. The van der Waals surface area contributed by atoms with Crippen LogP contribution in [0.1, 0.15) is 0 Å². The van der Waals surface area contributed by atoms with Gasteiger partial charge in [0.1, 0.15) is 6.33 Å². The zero-order valence-corrected chi connectivity index (χ0v) is 15.0. The van der Waals surface area contributed by atoms with Gasteiger partial charge in [0.15, 0.2) is 16.3 Å². The second kappa shape index (κ2) is 5.52. The molecule has 0 fully saturated rings. The van der Waals surface area contributed by atoms with E-state index in [1.54, 1.807) is 25.1 Å². The minimum absolute atomic E-state index is 0.218. The molecule has 1 aliphatic heterocycles. The zero-order chi connectivity index (χ0) is 17.0. The lowest BCUT2D eigenvalue weighted by molar-refractivity contribution is 0.540. The molecular formula is C13H15N7O2S2. The Hall–Kier alpha value is -2.01. The van der Waals surface area contributed by atoms with Crippen molar-refractivity contribution >= 4 is 34.7 Å². The number of aromatic nitrogens is 7. The van der Waals surface area contributed by atoms with Crippen LogP contribution < -0.4 is 11.2 Å². The first-order valence-corrected chi connectivity index (χ1v) is 9.36. The molecule has 3 aromatic heterocycles. The summed E-state index contributed by atoms with van der Waals surface area (Å²) in [5.41, 5.74) is 0.249. The summed E-state index contributed by atoms with van der Waals surface area (Å²) >= 11 is 3.10. The Labute approximate surface area is 144 Å². The third-order valence-electron chi connectivity index (χ3n) is 4.06. The van der Waals surface area contributed by atoms with E-state index in [4.69, 9.17) is 0 Å². The van der Waals surface area contributed by atoms with E-state index in [0.717, 1.165) is 14.9 Å². The number of hydrogen-bond donors (Lipinski definition) is 0. The average molecular weight is 365 g/mol. The molecule has 11 heteroatoms. The molecule has 0 saturated heterocycles. The maximum atomic E-state index is 12.5. The highest BCUT2D eigenvalue weighted by Crippen LogP contribution is 2.34. The van der Waals surface area contributed by atoms with Gasteiger partial charge in [0.25, 0.3) is 5.56 Å². The summed E-state index contributed by atoms with van der Waals surface area (Å²) in [5.74, 6) is 0. The van der Waals surface area contributed by atoms with Crippen molar-refractivity contribution in [1.29, 1.82) is 0 Å². The minimum atomic E-state index is -0.363. The Kier molecular flexibility index (Phi) is 3.57. The average Bonchev–Trinajstić information content (AvgIpc) is 3.25. The van der Waals surface area contributed by atoms with Gasteiger partial charge in [-0.25, -0.2) is 14.8 Å². The summed E-state index contributed by atoms with van der Waals surface area (Å²) in [7, 11) is 3.12. The normalized spacial score (nSPS) is 16.9. The molecule has 0 amide bonds. The number of nitrogens with zero attached hydrogens (tertiary/aromatic N) is 7. The molecule has 4 rings (SSSR count). The van der Waals surface area contributed by atoms with Crippen LogP contribution in [-0.2, 0) is 27.2 Å². The van der Waals surface area contributed by atoms with Gasteiger partial charge < -0.3 is 4.57 Å². The van der Waals surface area contributed by atoms with Crippen molar-refractivity contribution in [1.82, 2.24) is 33.4 Å². The van der Waals surface area contributed by atoms with Crippen molar-refractivity contribution in [3.8, 4) is 0 Å². The molecule has 126 valence electrons. The lowest BCUT2D eigenvalue weighted by Crippen LogP contribution is -2.37. The van der Waals surface area contributed by atoms with Crippen LogP contribution >= 0.6 is 23.5 Å². The van der Waals surface area contributed by atoms with E-state index < -0.39 is 0 Å². The quantitative estimate of drug-likeness (QED) is 0.600. The predicted octanol–water partition coefficient (Wildman–Crippen LogP) is -0.0784. The van der Waals surface area contributed by atoms with E-state index in [1.807, 2.05) is 15.5 Å². The third kappa shape index (κ3) is 2.22. The second-order valence-corrected chi connectivity index (χ2v) is 7.62. The van der Waals surface area contributed by atoms with Crippen molar-refractivity contribution in [2.24, 2.45) is 14.1 Å². The molecule has 4 heterocycles. The van der Waals surface area contributed by atoms with Crippen LogP contribution in [0.3, 0.4) is 0 Å². The fourth-order valence-electron chi connectivity index (χ4n) is 2.84. The SMILES string of the molecule is CSc1ncn(CC2Cn3c(nc4c3c(=O)n(C)c(=O)n4C)S2)n1. The lowest BCUT2D eigenvalue weighted by Gasteiger charge is -2.09.